The van der Waals surface area contributed by atoms with Gasteiger partial charge in [0.2, 0.25) is 0 Å². The van der Waals surface area contributed by atoms with E-state index in [0.717, 1.165) is 17.7 Å². The van der Waals surface area contributed by atoms with Crippen molar-refractivity contribution >= 4 is 11.8 Å². The molecule has 1 unspecified atom stereocenters. The third kappa shape index (κ3) is 1.92. The zero-order valence-electron chi connectivity index (χ0n) is 7.86. The van der Waals surface area contributed by atoms with Gasteiger partial charge in [-0.1, -0.05) is 18.2 Å². The van der Waals surface area contributed by atoms with E-state index in [2.05, 4.69) is 11.4 Å². The van der Waals surface area contributed by atoms with Gasteiger partial charge in [-0.3, -0.25) is 0 Å². The molecular weight excluding hydrogens is 192 g/mol. The highest BCUT2D eigenvalue weighted by atomic mass is 32.2. The number of nitrogens with zero attached hydrogens (tertiary/aromatic N) is 1. The van der Waals surface area contributed by atoms with E-state index in [9.17, 15) is 0 Å². The second kappa shape index (κ2) is 4.50. The maximum Gasteiger partial charge on any atom is 0.0995 e. The van der Waals surface area contributed by atoms with Gasteiger partial charge in [0.05, 0.1) is 17.0 Å². The van der Waals surface area contributed by atoms with Crippen LogP contribution in [0.25, 0.3) is 0 Å². The van der Waals surface area contributed by atoms with Gasteiger partial charge in [0.25, 0.3) is 0 Å². The fourth-order valence-electron chi connectivity index (χ4n) is 1.59. The molecule has 72 valence electrons. The van der Waals surface area contributed by atoms with Crippen LogP contribution in [0.4, 0.5) is 0 Å². The van der Waals surface area contributed by atoms with E-state index in [-0.39, 0.29) is 0 Å². The Hall–Kier alpha value is -0.980. The van der Waals surface area contributed by atoms with Crippen molar-refractivity contribution in [3.63, 3.8) is 0 Å². The maximum absolute atomic E-state index is 8.96. The quantitative estimate of drug-likeness (QED) is 0.762. The Morgan fingerprint density at radius 3 is 3.00 bits per heavy atom. The van der Waals surface area contributed by atoms with Crippen LogP contribution in [0.15, 0.2) is 24.3 Å². The third-order valence-corrected chi connectivity index (χ3v) is 3.58. The Morgan fingerprint density at radius 2 is 2.29 bits per heavy atom. The summed E-state index contributed by atoms with van der Waals surface area (Å²) in [6.07, 6.45) is 1.22. The molecule has 1 heterocycles. The maximum atomic E-state index is 8.96. The first-order valence-electron chi connectivity index (χ1n) is 4.76. The number of nitriles is 1. The van der Waals surface area contributed by atoms with Crippen LogP contribution in [0.3, 0.4) is 0 Å². The lowest BCUT2D eigenvalue weighted by atomic mass is 10.1. The van der Waals surface area contributed by atoms with Crippen LogP contribution >= 0.6 is 11.8 Å². The van der Waals surface area contributed by atoms with Crippen LogP contribution in [-0.2, 0) is 0 Å². The minimum absolute atomic E-state index is 0.305. The lowest BCUT2D eigenvalue weighted by Gasteiger charge is -2.23. The molecule has 1 saturated heterocycles. The topological polar surface area (TPSA) is 35.8 Å². The van der Waals surface area contributed by atoms with Gasteiger partial charge in [0.15, 0.2) is 0 Å². The molecule has 1 aromatic carbocycles. The van der Waals surface area contributed by atoms with Gasteiger partial charge in [-0.25, -0.2) is 0 Å². The highest BCUT2D eigenvalue weighted by Crippen LogP contribution is 2.31. The minimum atomic E-state index is 0.305. The van der Waals surface area contributed by atoms with Crippen molar-refractivity contribution in [2.75, 3.05) is 12.3 Å². The van der Waals surface area contributed by atoms with Crippen molar-refractivity contribution < 1.29 is 0 Å². The lowest BCUT2D eigenvalue weighted by molar-refractivity contribution is 0.642. The molecule has 1 atom stereocenters. The summed E-state index contributed by atoms with van der Waals surface area (Å²) in [6, 6.07) is 10.1. The van der Waals surface area contributed by atoms with E-state index in [1.54, 1.807) is 0 Å². The fraction of sp³-hybridized carbons (Fsp3) is 0.364. The van der Waals surface area contributed by atoms with Crippen LogP contribution in [0.1, 0.15) is 22.9 Å². The number of rotatable bonds is 1. The zero-order chi connectivity index (χ0) is 9.80. The van der Waals surface area contributed by atoms with Crippen molar-refractivity contribution in [2.24, 2.45) is 0 Å². The summed E-state index contributed by atoms with van der Waals surface area (Å²) in [5.74, 6) is 1.18. The van der Waals surface area contributed by atoms with Gasteiger partial charge < -0.3 is 5.32 Å². The first kappa shape index (κ1) is 9.57. The van der Waals surface area contributed by atoms with Crippen LogP contribution in [0.5, 0.6) is 0 Å². The van der Waals surface area contributed by atoms with Crippen molar-refractivity contribution in [1.29, 1.82) is 5.26 Å². The summed E-state index contributed by atoms with van der Waals surface area (Å²) in [5, 5.41) is 12.7. The van der Waals surface area contributed by atoms with Gasteiger partial charge in [-0.15, -0.1) is 11.8 Å². The fourth-order valence-corrected chi connectivity index (χ4v) is 2.76. The van der Waals surface area contributed by atoms with Crippen LogP contribution < -0.4 is 5.32 Å². The normalized spacial score (nSPS) is 21.5. The molecule has 0 bridgehead atoms. The van der Waals surface area contributed by atoms with E-state index < -0.39 is 0 Å². The molecule has 1 N–H and O–H groups in total. The van der Waals surface area contributed by atoms with Gasteiger partial charge in [0, 0.05) is 0 Å². The van der Waals surface area contributed by atoms with Crippen LogP contribution in [0, 0.1) is 11.3 Å². The van der Waals surface area contributed by atoms with Crippen LogP contribution in [0.2, 0.25) is 0 Å². The predicted molar refractivity (Wildman–Crippen MR) is 59.0 cm³/mol. The summed E-state index contributed by atoms with van der Waals surface area (Å²) >= 11 is 1.88. The second-order valence-corrected chi connectivity index (χ2v) is 4.47. The number of benzene rings is 1. The molecule has 0 saturated carbocycles. The molecular formula is C11H12N2S. The van der Waals surface area contributed by atoms with Gasteiger partial charge in [-0.05, 0) is 30.3 Å². The molecule has 2 nitrogen and oxygen atoms in total. The first-order chi connectivity index (χ1) is 6.92. The largest absolute Gasteiger partial charge is 0.302 e. The average molecular weight is 204 g/mol. The molecule has 14 heavy (non-hydrogen) atoms. The Kier molecular flexibility index (Phi) is 3.07. The van der Waals surface area contributed by atoms with Crippen molar-refractivity contribution in [2.45, 2.75) is 11.8 Å². The van der Waals surface area contributed by atoms with Crippen molar-refractivity contribution in [3.8, 4) is 6.07 Å². The summed E-state index contributed by atoms with van der Waals surface area (Å²) in [6.45, 7) is 1.05. The van der Waals surface area contributed by atoms with Crippen molar-refractivity contribution in [1.82, 2.24) is 5.32 Å². The van der Waals surface area contributed by atoms with Gasteiger partial charge in [-0.2, -0.15) is 5.26 Å². The van der Waals surface area contributed by atoms with E-state index in [1.807, 2.05) is 36.0 Å². The minimum Gasteiger partial charge on any atom is -0.302 e. The highest BCUT2D eigenvalue weighted by Gasteiger charge is 2.17. The summed E-state index contributed by atoms with van der Waals surface area (Å²) in [5.41, 5.74) is 1.92. The molecule has 1 aliphatic rings. The molecule has 2 rings (SSSR count). The summed E-state index contributed by atoms with van der Waals surface area (Å²) in [7, 11) is 0. The van der Waals surface area contributed by atoms with Gasteiger partial charge in [0.1, 0.15) is 0 Å². The lowest BCUT2D eigenvalue weighted by Crippen LogP contribution is -2.25. The Morgan fingerprint density at radius 1 is 1.43 bits per heavy atom. The first-order valence-corrected chi connectivity index (χ1v) is 5.80. The smallest absolute Gasteiger partial charge is 0.0995 e. The van der Waals surface area contributed by atoms with E-state index in [1.165, 1.54) is 12.2 Å². The zero-order valence-corrected chi connectivity index (χ0v) is 8.68. The molecule has 0 amide bonds. The molecule has 0 spiro atoms. The number of hydrogen-bond acceptors (Lipinski definition) is 3. The van der Waals surface area contributed by atoms with E-state index in [4.69, 9.17) is 5.26 Å². The molecule has 3 heteroatoms. The highest BCUT2D eigenvalue weighted by molar-refractivity contribution is 7.99. The van der Waals surface area contributed by atoms with Gasteiger partial charge >= 0.3 is 0 Å². The summed E-state index contributed by atoms with van der Waals surface area (Å²) in [4.78, 5) is 0. The molecule has 0 aliphatic carbocycles. The Labute approximate surface area is 88.3 Å². The standard InChI is InChI=1S/C11H12N2S/c12-8-9-4-1-2-5-10(9)11-13-6-3-7-14-11/h1-2,4-5,11,13H,3,6-7H2. The molecule has 1 fully saturated rings. The molecule has 1 aliphatic heterocycles. The Balaban J connectivity index is 2.26. The Bertz CT molecular complexity index is 351. The van der Waals surface area contributed by atoms with E-state index >= 15 is 0 Å². The SMILES string of the molecule is N#Cc1ccccc1C1NCCCS1. The average Bonchev–Trinajstić information content (AvgIpc) is 2.30. The monoisotopic (exact) mass is 204 g/mol. The van der Waals surface area contributed by atoms with E-state index in [0.29, 0.717) is 5.37 Å². The van der Waals surface area contributed by atoms with Crippen molar-refractivity contribution in [3.05, 3.63) is 35.4 Å². The predicted octanol–water partition coefficient (Wildman–Crippen LogP) is 2.28. The molecule has 1 aromatic rings. The number of nitrogens with one attached hydrogen (secondary N) is 1. The molecule has 0 radical (unpaired) electrons. The van der Waals surface area contributed by atoms with Crippen LogP contribution in [-0.4, -0.2) is 12.3 Å². The third-order valence-electron chi connectivity index (χ3n) is 2.30. The molecule has 0 aromatic heterocycles. The summed E-state index contributed by atoms with van der Waals surface area (Å²) < 4.78 is 0. The number of hydrogen-bond donors (Lipinski definition) is 1. The second-order valence-electron chi connectivity index (χ2n) is 3.26. The number of thioether (sulfide) groups is 1.